The summed E-state index contributed by atoms with van der Waals surface area (Å²) in [5.74, 6) is 0.278. The summed E-state index contributed by atoms with van der Waals surface area (Å²) in [5, 5.41) is 0. The molecule has 0 spiro atoms. The summed E-state index contributed by atoms with van der Waals surface area (Å²) in [5.41, 5.74) is 12.6. The quantitative estimate of drug-likeness (QED) is 0.240. The fourth-order valence-corrected chi connectivity index (χ4v) is 7.69. The molecule has 0 saturated heterocycles. The average molecular weight is 579 g/mol. The van der Waals surface area contributed by atoms with Crippen molar-refractivity contribution in [3.05, 3.63) is 28.5 Å². The van der Waals surface area contributed by atoms with Crippen molar-refractivity contribution in [2.75, 3.05) is 0 Å². The third-order valence-corrected chi connectivity index (χ3v) is 7.57. The number of nitrogens with one attached hydrogen (secondary N) is 1. The summed E-state index contributed by atoms with van der Waals surface area (Å²) in [6, 6.07) is 0. The van der Waals surface area contributed by atoms with Crippen LogP contribution < -0.4 is 0 Å². The van der Waals surface area contributed by atoms with Crippen molar-refractivity contribution in [2.45, 2.75) is 100 Å². The first kappa shape index (κ1) is 27.1. The summed E-state index contributed by atoms with van der Waals surface area (Å²) in [4.78, 5) is 11.8. The third-order valence-electron chi connectivity index (χ3n) is 7.57. The minimum absolute atomic E-state index is 0. The number of carbonyl (C=O) groups excluding carboxylic acids is 1. The number of rotatable bonds is 1. The second kappa shape index (κ2) is 9.26. The molecule has 1 N–H and O–H groups in total. The minimum atomic E-state index is -0.285. The van der Waals surface area contributed by atoms with Gasteiger partial charge in [-0.25, -0.2) is 5.57 Å². The molecular weight excluding hydrogens is 537 g/mol. The van der Waals surface area contributed by atoms with Gasteiger partial charge in [0.15, 0.2) is 0 Å². The van der Waals surface area contributed by atoms with Crippen LogP contribution in [0.5, 0.6) is 0 Å². The molecule has 1 radical (unpaired) electrons. The molecule has 1 atom stereocenters. The van der Waals surface area contributed by atoms with Crippen molar-refractivity contribution < 1.29 is 30.6 Å². The standard InChI is InChI=1S/C14H23NO.C9H13.C2H7Si.Hf/c1-11-4-12(2)6-13(3,5-11)9-14(7-11,8-12)10(15)16;1-6-5-7(2)9(4)8(6)3;1-3-2;/h4-9H2,1-3H3,(H2,15,16);6H,1-4H3;3H,1-2H3;/q;-1;;/p-1. The SMILES string of the molecule is CC12CC3(C)CC(C)(C1)CC(C([NH-])=O)(C2)C3.CC1=[C-]C(C)C(C)=C1C.C[SiH]C.[Hf]. The number of hydrogen-bond donors (Lipinski definition) is 0. The molecule has 0 heterocycles. The van der Waals surface area contributed by atoms with Crippen LogP contribution in [0.2, 0.25) is 13.1 Å². The van der Waals surface area contributed by atoms with Crippen molar-refractivity contribution in [1.82, 2.24) is 0 Å². The second-order valence-electron chi connectivity index (χ2n) is 11.5. The fraction of sp³-hybridized carbons (Fsp3) is 0.800. The molecule has 2 nitrogen and oxygen atoms in total. The molecule has 0 aliphatic heterocycles. The van der Waals surface area contributed by atoms with Gasteiger partial charge in [-0.3, -0.25) is 6.08 Å². The van der Waals surface area contributed by atoms with E-state index in [2.05, 4.69) is 67.6 Å². The van der Waals surface area contributed by atoms with Gasteiger partial charge in [0.25, 0.3) is 0 Å². The number of amides is 1. The number of allylic oxidation sites excluding steroid dienone is 4. The van der Waals surface area contributed by atoms with E-state index in [1.165, 1.54) is 36.0 Å². The van der Waals surface area contributed by atoms with E-state index in [0.717, 1.165) is 28.8 Å². The molecule has 5 aliphatic rings. The van der Waals surface area contributed by atoms with E-state index in [9.17, 15) is 4.79 Å². The van der Waals surface area contributed by atoms with Crippen molar-refractivity contribution in [3.8, 4) is 0 Å². The molecule has 0 aromatic rings. The van der Waals surface area contributed by atoms with Crippen LogP contribution in [-0.2, 0) is 30.6 Å². The molecule has 4 saturated carbocycles. The van der Waals surface area contributed by atoms with Gasteiger partial charge in [-0.05, 0) is 54.8 Å². The zero-order valence-electron chi connectivity index (χ0n) is 20.3. The van der Waals surface area contributed by atoms with Gasteiger partial charge in [-0.15, -0.1) is 6.92 Å². The Bertz CT molecular complexity index is 641. The van der Waals surface area contributed by atoms with Crippen LogP contribution in [0.1, 0.15) is 87.0 Å². The summed E-state index contributed by atoms with van der Waals surface area (Å²) < 4.78 is 0. The summed E-state index contributed by atoms with van der Waals surface area (Å²) in [6.45, 7) is 20.1. The van der Waals surface area contributed by atoms with Gasteiger partial charge in [0, 0.05) is 40.8 Å². The molecule has 5 rings (SSSR count). The predicted octanol–water partition coefficient (Wildman–Crippen LogP) is 7.19. The molecule has 0 aromatic heterocycles. The Balaban J connectivity index is 0.000000277. The van der Waals surface area contributed by atoms with Crippen molar-refractivity contribution >= 4 is 15.4 Å². The normalized spacial score (nSPS) is 41.6. The van der Waals surface area contributed by atoms with Gasteiger partial charge in [0.1, 0.15) is 0 Å². The average Bonchev–Trinajstić information content (AvgIpc) is 2.70. The molecule has 163 valence electrons. The molecule has 4 heteroatoms. The molecule has 5 aliphatic carbocycles. The van der Waals surface area contributed by atoms with Crippen LogP contribution in [-0.4, -0.2) is 15.4 Å². The summed E-state index contributed by atoms with van der Waals surface area (Å²) in [7, 11) is 0.750. The van der Waals surface area contributed by atoms with E-state index >= 15 is 0 Å². The predicted molar refractivity (Wildman–Crippen MR) is 123 cm³/mol. The Kier molecular flexibility index (Phi) is 8.65. The molecule has 29 heavy (non-hydrogen) atoms. The van der Waals surface area contributed by atoms with Crippen molar-refractivity contribution in [3.63, 3.8) is 0 Å². The van der Waals surface area contributed by atoms with Crippen LogP contribution >= 0.6 is 0 Å². The molecule has 4 fully saturated rings. The molecule has 0 aromatic carbocycles. The van der Waals surface area contributed by atoms with Crippen molar-refractivity contribution in [1.29, 1.82) is 0 Å². The molecule has 4 bridgehead atoms. The zero-order chi connectivity index (χ0) is 21.5. The maximum atomic E-state index is 11.8. The van der Waals surface area contributed by atoms with Crippen LogP contribution in [0.4, 0.5) is 0 Å². The Morgan fingerprint density at radius 2 is 1.28 bits per heavy atom. The Morgan fingerprint density at radius 3 is 1.45 bits per heavy atom. The van der Waals surface area contributed by atoms with Gasteiger partial charge >= 0.3 is 0 Å². The van der Waals surface area contributed by atoms with Crippen LogP contribution in [0, 0.1) is 33.7 Å². The third kappa shape index (κ3) is 5.64. The fourth-order valence-electron chi connectivity index (χ4n) is 7.69. The monoisotopic (exact) mass is 580 g/mol. The maximum absolute atomic E-state index is 11.8. The first-order valence-corrected chi connectivity index (χ1v) is 13.3. The van der Waals surface area contributed by atoms with Gasteiger partial charge in [-0.2, -0.15) is 11.1 Å². The molecule has 1 unspecified atom stereocenters. The minimum Gasteiger partial charge on any atom is -0.667 e. The van der Waals surface area contributed by atoms with Gasteiger partial charge in [-0.1, -0.05) is 60.6 Å². The van der Waals surface area contributed by atoms with Crippen molar-refractivity contribution in [2.24, 2.45) is 27.6 Å². The van der Waals surface area contributed by atoms with Crippen LogP contribution in [0.3, 0.4) is 0 Å². The zero-order valence-corrected chi connectivity index (χ0v) is 25.1. The van der Waals surface area contributed by atoms with E-state index in [1.807, 2.05) is 0 Å². The Labute approximate surface area is 201 Å². The van der Waals surface area contributed by atoms with E-state index in [0.29, 0.717) is 22.2 Å². The summed E-state index contributed by atoms with van der Waals surface area (Å²) >= 11 is 0. The Hall–Kier alpha value is 0.0370. The van der Waals surface area contributed by atoms with Crippen LogP contribution in [0.25, 0.3) is 5.73 Å². The van der Waals surface area contributed by atoms with Gasteiger partial charge in [0.05, 0.1) is 5.91 Å². The van der Waals surface area contributed by atoms with Gasteiger partial charge < -0.3 is 10.5 Å². The number of carbonyl (C=O) groups is 1. The maximum Gasteiger partial charge on any atom is 0.0551 e. The first-order valence-electron chi connectivity index (χ1n) is 11.0. The van der Waals surface area contributed by atoms with Gasteiger partial charge in [0.2, 0.25) is 0 Å². The largest absolute Gasteiger partial charge is 0.667 e. The van der Waals surface area contributed by atoms with E-state index in [4.69, 9.17) is 5.73 Å². The van der Waals surface area contributed by atoms with E-state index in [-0.39, 0.29) is 37.2 Å². The van der Waals surface area contributed by atoms with E-state index in [1.54, 1.807) is 0 Å². The topological polar surface area (TPSA) is 40.9 Å². The smallest absolute Gasteiger partial charge is 0.0551 e. The Morgan fingerprint density at radius 1 is 0.931 bits per heavy atom. The van der Waals surface area contributed by atoms with E-state index < -0.39 is 0 Å². The van der Waals surface area contributed by atoms with Crippen LogP contribution in [0.15, 0.2) is 16.7 Å². The molecular formula is C25H42HfNOSi-2. The first-order chi connectivity index (χ1) is 12.7. The second-order valence-corrected chi connectivity index (χ2v) is 12.6. The number of hydrogen-bond acceptors (Lipinski definition) is 1. The summed E-state index contributed by atoms with van der Waals surface area (Å²) in [6.07, 6.45) is 10.1. The molecule has 1 amide bonds.